The molecular weight excluding hydrogens is 432 g/mol. The SMILES string of the molecule is CCN(CC)c1ccc([C@@H]2C(C(=O)Nc3ccc(OC)cc3OC)=C(C)Nc3ncnn32)cc1. The minimum absolute atomic E-state index is 0.257. The Morgan fingerprint density at radius 3 is 2.50 bits per heavy atom. The molecular formula is C25H30N6O3. The number of aromatic nitrogens is 3. The molecule has 9 nitrogen and oxygen atoms in total. The highest BCUT2D eigenvalue weighted by Gasteiger charge is 2.33. The van der Waals surface area contributed by atoms with Gasteiger partial charge in [-0.15, -0.1) is 0 Å². The second-order valence-electron chi connectivity index (χ2n) is 7.88. The van der Waals surface area contributed by atoms with Gasteiger partial charge in [-0.2, -0.15) is 10.1 Å². The van der Waals surface area contributed by atoms with Crippen molar-refractivity contribution in [2.24, 2.45) is 0 Å². The monoisotopic (exact) mass is 462 g/mol. The lowest BCUT2D eigenvalue weighted by Crippen LogP contribution is -2.31. The van der Waals surface area contributed by atoms with Crippen molar-refractivity contribution in [1.82, 2.24) is 14.8 Å². The highest BCUT2D eigenvalue weighted by molar-refractivity contribution is 6.06. The van der Waals surface area contributed by atoms with E-state index in [2.05, 4.69) is 51.6 Å². The van der Waals surface area contributed by atoms with E-state index in [1.807, 2.05) is 19.1 Å². The van der Waals surface area contributed by atoms with E-state index in [1.165, 1.54) is 6.33 Å². The van der Waals surface area contributed by atoms with Crippen LogP contribution in [0.4, 0.5) is 17.3 Å². The predicted octanol–water partition coefficient (Wildman–Crippen LogP) is 4.07. The Bertz CT molecular complexity index is 1200. The summed E-state index contributed by atoms with van der Waals surface area (Å²) in [6.45, 7) is 7.98. The number of methoxy groups -OCH3 is 2. The van der Waals surface area contributed by atoms with Crippen molar-refractivity contribution in [2.45, 2.75) is 26.8 Å². The van der Waals surface area contributed by atoms with Crippen LogP contribution in [0, 0.1) is 0 Å². The Morgan fingerprint density at radius 1 is 1.12 bits per heavy atom. The number of anilines is 3. The van der Waals surface area contributed by atoms with Crippen LogP contribution >= 0.6 is 0 Å². The van der Waals surface area contributed by atoms with E-state index in [9.17, 15) is 4.79 Å². The minimum Gasteiger partial charge on any atom is -0.497 e. The maximum atomic E-state index is 13.6. The van der Waals surface area contributed by atoms with Crippen LogP contribution in [-0.4, -0.2) is 48.0 Å². The number of amides is 1. The zero-order valence-electron chi connectivity index (χ0n) is 20.1. The van der Waals surface area contributed by atoms with Crippen LogP contribution in [0.25, 0.3) is 0 Å². The third-order valence-corrected chi connectivity index (χ3v) is 6.03. The first-order valence-corrected chi connectivity index (χ1v) is 11.3. The van der Waals surface area contributed by atoms with E-state index in [-0.39, 0.29) is 5.91 Å². The molecule has 2 N–H and O–H groups in total. The van der Waals surface area contributed by atoms with Gasteiger partial charge in [0, 0.05) is 30.5 Å². The minimum atomic E-state index is -0.436. The first-order valence-electron chi connectivity index (χ1n) is 11.3. The largest absolute Gasteiger partial charge is 0.497 e. The highest BCUT2D eigenvalue weighted by atomic mass is 16.5. The van der Waals surface area contributed by atoms with E-state index < -0.39 is 6.04 Å². The number of nitrogens with zero attached hydrogens (tertiary/aromatic N) is 4. The van der Waals surface area contributed by atoms with Crippen molar-refractivity contribution in [2.75, 3.05) is 42.8 Å². The molecule has 4 rings (SSSR count). The average molecular weight is 463 g/mol. The van der Waals surface area contributed by atoms with Gasteiger partial charge in [0.25, 0.3) is 5.91 Å². The van der Waals surface area contributed by atoms with Gasteiger partial charge in [0.1, 0.15) is 23.9 Å². The Morgan fingerprint density at radius 2 is 1.85 bits per heavy atom. The Labute approximate surface area is 199 Å². The van der Waals surface area contributed by atoms with Gasteiger partial charge in [0.2, 0.25) is 5.95 Å². The van der Waals surface area contributed by atoms with Gasteiger partial charge >= 0.3 is 0 Å². The second kappa shape index (κ2) is 9.86. The van der Waals surface area contributed by atoms with Crippen molar-refractivity contribution in [3.05, 3.63) is 65.6 Å². The quantitative estimate of drug-likeness (QED) is 0.521. The van der Waals surface area contributed by atoms with Gasteiger partial charge in [-0.25, -0.2) is 4.68 Å². The van der Waals surface area contributed by atoms with E-state index in [0.717, 1.165) is 24.3 Å². The van der Waals surface area contributed by atoms with Crippen LogP contribution in [0.5, 0.6) is 11.5 Å². The molecule has 0 fully saturated rings. The van der Waals surface area contributed by atoms with Crippen LogP contribution in [0.2, 0.25) is 0 Å². The summed E-state index contributed by atoms with van der Waals surface area (Å²) < 4.78 is 12.5. The molecule has 3 aromatic rings. The van der Waals surface area contributed by atoms with Crippen LogP contribution in [0.1, 0.15) is 32.4 Å². The highest BCUT2D eigenvalue weighted by Crippen LogP contribution is 2.37. The predicted molar refractivity (Wildman–Crippen MR) is 133 cm³/mol. The van der Waals surface area contributed by atoms with E-state index in [0.29, 0.717) is 34.4 Å². The third kappa shape index (κ3) is 4.28. The van der Waals surface area contributed by atoms with Crippen molar-refractivity contribution in [1.29, 1.82) is 0 Å². The molecule has 1 aromatic heterocycles. The van der Waals surface area contributed by atoms with Crippen LogP contribution < -0.4 is 25.0 Å². The summed E-state index contributed by atoms with van der Waals surface area (Å²) in [6, 6.07) is 13.1. The maximum absolute atomic E-state index is 13.6. The third-order valence-electron chi connectivity index (χ3n) is 6.03. The summed E-state index contributed by atoms with van der Waals surface area (Å²) >= 11 is 0. The van der Waals surface area contributed by atoms with Gasteiger partial charge in [-0.3, -0.25) is 4.79 Å². The van der Waals surface area contributed by atoms with E-state index >= 15 is 0 Å². The number of hydrogen-bond acceptors (Lipinski definition) is 7. The van der Waals surface area contributed by atoms with E-state index in [4.69, 9.17) is 9.47 Å². The Kier molecular flexibility index (Phi) is 6.72. The summed E-state index contributed by atoms with van der Waals surface area (Å²) in [6.07, 6.45) is 1.49. The average Bonchev–Trinajstić information content (AvgIpc) is 3.32. The molecule has 1 aliphatic heterocycles. The van der Waals surface area contributed by atoms with Gasteiger partial charge < -0.3 is 25.0 Å². The van der Waals surface area contributed by atoms with Crippen LogP contribution in [0.15, 0.2) is 60.1 Å². The molecule has 0 bridgehead atoms. The molecule has 0 saturated heterocycles. The number of rotatable bonds is 8. The summed E-state index contributed by atoms with van der Waals surface area (Å²) in [7, 11) is 3.14. The summed E-state index contributed by atoms with van der Waals surface area (Å²) in [5.74, 6) is 1.49. The molecule has 0 unspecified atom stereocenters. The fourth-order valence-electron chi connectivity index (χ4n) is 4.24. The molecule has 9 heteroatoms. The molecule has 2 heterocycles. The zero-order valence-corrected chi connectivity index (χ0v) is 20.1. The summed E-state index contributed by atoms with van der Waals surface area (Å²) in [5, 5.41) is 10.6. The van der Waals surface area contributed by atoms with Crippen LogP contribution in [0.3, 0.4) is 0 Å². The lowest BCUT2D eigenvalue weighted by atomic mass is 9.94. The molecule has 0 spiro atoms. The number of carbonyl (C=O) groups is 1. The van der Waals surface area contributed by atoms with Crippen molar-refractivity contribution in [3.63, 3.8) is 0 Å². The number of carbonyl (C=O) groups excluding carboxylic acids is 1. The maximum Gasteiger partial charge on any atom is 0.255 e. The molecule has 34 heavy (non-hydrogen) atoms. The summed E-state index contributed by atoms with van der Waals surface area (Å²) in [5.41, 5.74) is 3.88. The molecule has 178 valence electrons. The van der Waals surface area contributed by atoms with Gasteiger partial charge in [-0.05, 0) is 50.6 Å². The molecule has 0 radical (unpaired) electrons. The fourth-order valence-corrected chi connectivity index (χ4v) is 4.24. The number of nitrogens with one attached hydrogen (secondary N) is 2. The van der Waals surface area contributed by atoms with Gasteiger partial charge in [0.15, 0.2) is 0 Å². The second-order valence-corrected chi connectivity index (χ2v) is 7.88. The van der Waals surface area contributed by atoms with Gasteiger partial charge in [0.05, 0.1) is 25.5 Å². The summed E-state index contributed by atoms with van der Waals surface area (Å²) in [4.78, 5) is 20.2. The van der Waals surface area contributed by atoms with E-state index in [1.54, 1.807) is 37.1 Å². The number of allylic oxidation sites excluding steroid dienone is 1. The lowest BCUT2D eigenvalue weighted by molar-refractivity contribution is -0.113. The molecule has 2 aromatic carbocycles. The standard InChI is InChI=1S/C25H30N6O3/c1-6-30(7-2)18-10-8-17(9-11-18)23-22(16(3)28-25-26-15-27-31(23)25)24(32)29-20-13-12-19(33-4)14-21(20)34-5/h8-15,23H,6-7H2,1-5H3,(H,29,32)(H,26,27,28)/t23-/m1/s1. The van der Waals surface area contributed by atoms with Crippen molar-refractivity contribution >= 4 is 23.2 Å². The Hall–Kier alpha value is -4.01. The lowest BCUT2D eigenvalue weighted by Gasteiger charge is -2.29. The Balaban J connectivity index is 1.71. The zero-order chi connectivity index (χ0) is 24.2. The first kappa shape index (κ1) is 23.2. The molecule has 1 aliphatic rings. The number of ether oxygens (including phenoxy) is 2. The number of hydrogen-bond donors (Lipinski definition) is 2. The molecule has 1 atom stereocenters. The van der Waals surface area contributed by atoms with Gasteiger partial charge in [-0.1, -0.05) is 12.1 Å². The first-order chi connectivity index (χ1) is 16.5. The molecule has 1 amide bonds. The van der Waals surface area contributed by atoms with Crippen molar-refractivity contribution < 1.29 is 14.3 Å². The number of benzene rings is 2. The molecule has 0 saturated carbocycles. The molecule has 0 aliphatic carbocycles. The smallest absolute Gasteiger partial charge is 0.255 e. The fraction of sp³-hybridized carbons (Fsp3) is 0.320. The van der Waals surface area contributed by atoms with Crippen LogP contribution in [-0.2, 0) is 4.79 Å². The number of fused-ring (bicyclic) bond motifs is 1. The topological polar surface area (TPSA) is 93.5 Å². The van der Waals surface area contributed by atoms with Crippen molar-refractivity contribution in [3.8, 4) is 11.5 Å². The normalized spacial score (nSPS) is 14.8.